The molecule has 0 saturated heterocycles. The first-order valence-electron chi connectivity index (χ1n) is 6.73. The lowest BCUT2D eigenvalue weighted by molar-refractivity contribution is -0.139. The average molecular weight is 416 g/mol. The molecule has 2 N–H and O–H groups in total. The molecule has 2 rings (SSSR count). The smallest absolute Gasteiger partial charge is 0.341 e. The number of halogens is 3. The van der Waals surface area contributed by atoms with Crippen molar-refractivity contribution < 1.29 is 23.4 Å². The third-order valence-electron chi connectivity index (χ3n) is 2.99. The minimum absolute atomic E-state index is 0.0901. The lowest BCUT2D eigenvalue weighted by atomic mass is 10.1. The molecule has 0 fully saturated rings. The zero-order valence-electron chi connectivity index (χ0n) is 12.2. The minimum atomic E-state index is -1.17. The first-order valence-corrected chi connectivity index (χ1v) is 7.93. The van der Waals surface area contributed by atoms with E-state index in [2.05, 4.69) is 21.2 Å². The summed E-state index contributed by atoms with van der Waals surface area (Å²) in [6.45, 7) is -0.491. The Morgan fingerprint density at radius 2 is 2.00 bits per heavy atom. The molecule has 2 aromatic carbocycles. The van der Waals surface area contributed by atoms with Crippen molar-refractivity contribution in [3.8, 4) is 5.75 Å². The monoisotopic (exact) mass is 415 g/mol. The summed E-state index contributed by atoms with van der Waals surface area (Å²) in [5, 5.41) is 11.5. The van der Waals surface area contributed by atoms with Gasteiger partial charge in [-0.25, -0.2) is 13.6 Å². The molecule has 0 saturated carbocycles. The summed E-state index contributed by atoms with van der Waals surface area (Å²) in [6, 6.07) is 8.16. The number of benzene rings is 2. The van der Waals surface area contributed by atoms with Crippen molar-refractivity contribution in [1.82, 2.24) is 5.32 Å². The third kappa shape index (κ3) is 4.97. The van der Waals surface area contributed by atoms with Gasteiger partial charge in [-0.2, -0.15) is 0 Å². The Balaban J connectivity index is 2.13. The van der Waals surface area contributed by atoms with Gasteiger partial charge in [-0.05, 0) is 30.3 Å². The van der Waals surface area contributed by atoms with Crippen LogP contribution in [0, 0.1) is 11.6 Å². The maximum Gasteiger partial charge on any atom is 0.341 e. The molecule has 0 heterocycles. The fourth-order valence-corrected chi connectivity index (χ4v) is 2.45. The lowest BCUT2D eigenvalue weighted by Gasteiger charge is -2.13. The normalized spacial score (nSPS) is 10.3. The molecule has 0 atom stereocenters. The van der Waals surface area contributed by atoms with Gasteiger partial charge in [-0.3, -0.25) is 0 Å². The number of carboxylic acids is 1. The molecule has 4 nitrogen and oxygen atoms in total. The van der Waals surface area contributed by atoms with Crippen LogP contribution in [0.3, 0.4) is 0 Å². The van der Waals surface area contributed by atoms with Gasteiger partial charge < -0.3 is 15.2 Å². The van der Waals surface area contributed by atoms with Crippen molar-refractivity contribution in [2.75, 3.05) is 6.61 Å². The van der Waals surface area contributed by atoms with Crippen molar-refractivity contribution in [2.45, 2.75) is 6.54 Å². The number of carboxylic acid groups (broad SMARTS) is 1. The number of hydrogen-bond donors (Lipinski definition) is 2. The van der Waals surface area contributed by atoms with Crippen LogP contribution in [0.25, 0.3) is 0 Å². The van der Waals surface area contributed by atoms with E-state index in [0.29, 0.717) is 10.0 Å². The Labute approximate surface area is 150 Å². The van der Waals surface area contributed by atoms with Gasteiger partial charge in [0.05, 0.1) is 5.56 Å². The van der Waals surface area contributed by atoms with E-state index in [1.54, 1.807) is 12.1 Å². The molecular weight excluding hydrogens is 404 g/mol. The Hall–Kier alpha value is -2.06. The molecule has 0 aromatic heterocycles. The van der Waals surface area contributed by atoms with Gasteiger partial charge in [-0.1, -0.05) is 34.2 Å². The number of ether oxygens (including phenoxy) is 1. The highest BCUT2D eigenvalue weighted by Gasteiger charge is 2.13. The summed E-state index contributed by atoms with van der Waals surface area (Å²) in [6.07, 6.45) is 0. The van der Waals surface area contributed by atoms with Crippen LogP contribution >= 0.6 is 28.1 Å². The number of thiocarbonyl (C=S) groups is 1. The third-order valence-corrected chi connectivity index (χ3v) is 3.85. The van der Waals surface area contributed by atoms with Crippen molar-refractivity contribution >= 4 is 39.1 Å². The quantitative estimate of drug-likeness (QED) is 0.705. The SMILES string of the molecule is O=C(O)COc1ccc(F)cc1C(=S)NCc1ccc(Br)cc1F. The number of rotatable bonds is 6. The summed E-state index contributed by atoms with van der Waals surface area (Å²) in [7, 11) is 0. The van der Waals surface area contributed by atoms with E-state index < -0.39 is 24.2 Å². The van der Waals surface area contributed by atoms with Crippen LogP contribution in [0.5, 0.6) is 5.75 Å². The van der Waals surface area contributed by atoms with Crippen LogP contribution in [-0.2, 0) is 11.3 Å². The zero-order valence-corrected chi connectivity index (χ0v) is 14.6. The average Bonchev–Trinajstić information content (AvgIpc) is 2.52. The first-order chi connectivity index (χ1) is 11.4. The molecule has 0 aliphatic carbocycles. The molecule has 0 unspecified atom stereocenters. The van der Waals surface area contributed by atoms with Crippen LogP contribution in [-0.4, -0.2) is 22.7 Å². The van der Waals surface area contributed by atoms with E-state index in [-0.39, 0.29) is 22.8 Å². The van der Waals surface area contributed by atoms with Crippen LogP contribution < -0.4 is 10.1 Å². The summed E-state index contributed by atoms with van der Waals surface area (Å²) >= 11 is 8.35. The molecule has 0 bridgehead atoms. The van der Waals surface area contributed by atoms with E-state index in [0.717, 1.165) is 12.1 Å². The van der Waals surface area contributed by atoms with E-state index in [1.807, 2.05) is 0 Å². The highest BCUT2D eigenvalue weighted by Crippen LogP contribution is 2.21. The van der Waals surface area contributed by atoms with Gasteiger partial charge in [-0.15, -0.1) is 0 Å². The van der Waals surface area contributed by atoms with Crippen molar-refractivity contribution in [3.63, 3.8) is 0 Å². The zero-order chi connectivity index (χ0) is 17.7. The van der Waals surface area contributed by atoms with Crippen LogP contribution in [0.1, 0.15) is 11.1 Å². The van der Waals surface area contributed by atoms with E-state index in [9.17, 15) is 13.6 Å². The second-order valence-corrected chi connectivity index (χ2v) is 6.07. The molecule has 126 valence electrons. The summed E-state index contributed by atoms with van der Waals surface area (Å²) in [4.78, 5) is 10.7. The second-order valence-electron chi connectivity index (χ2n) is 4.74. The van der Waals surface area contributed by atoms with Gasteiger partial charge in [0.25, 0.3) is 0 Å². The van der Waals surface area contributed by atoms with Crippen LogP contribution in [0.15, 0.2) is 40.9 Å². The van der Waals surface area contributed by atoms with Crippen molar-refractivity contribution in [3.05, 3.63) is 63.6 Å². The van der Waals surface area contributed by atoms with Gasteiger partial charge in [0.2, 0.25) is 0 Å². The molecule has 0 aliphatic heterocycles. The molecule has 0 aliphatic rings. The predicted octanol–water partition coefficient (Wildman–Crippen LogP) is 3.66. The standard InChI is InChI=1S/C16H12BrF2NO3S/c17-10-2-1-9(13(19)5-10)7-20-16(24)12-6-11(18)3-4-14(12)23-8-15(21)22/h1-6H,7-8H2,(H,20,24)(H,21,22). The summed E-state index contributed by atoms with van der Waals surface area (Å²) in [5.41, 5.74) is 0.578. The molecule has 8 heteroatoms. The second kappa shape index (κ2) is 8.16. The fourth-order valence-electron chi connectivity index (χ4n) is 1.88. The van der Waals surface area contributed by atoms with Crippen LogP contribution in [0.4, 0.5) is 8.78 Å². The highest BCUT2D eigenvalue weighted by atomic mass is 79.9. The van der Waals surface area contributed by atoms with Crippen molar-refractivity contribution in [2.24, 2.45) is 0 Å². The molecule has 24 heavy (non-hydrogen) atoms. The van der Waals surface area contributed by atoms with Crippen molar-refractivity contribution in [1.29, 1.82) is 0 Å². The van der Waals surface area contributed by atoms with Gasteiger partial charge >= 0.3 is 5.97 Å². The highest BCUT2D eigenvalue weighted by molar-refractivity contribution is 9.10. The summed E-state index contributed by atoms with van der Waals surface area (Å²) in [5.74, 6) is -2.00. The van der Waals surface area contributed by atoms with Crippen LogP contribution in [0.2, 0.25) is 0 Å². The molecule has 2 aromatic rings. The number of hydrogen-bond acceptors (Lipinski definition) is 3. The number of nitrogens with one attached hydrogen (secondary N) is 1. The Kier molecular flexibility index (Phi) is 6.22. The Morgan fingerprint density at radius 3 is 2.67 bits per heavy atom. The fraction of sp³-hybridized carbons (Fsp3) is 0.125. The van der Waals surface area contributed by atoms with E-state index >= 15 is 0 Å². The molecule has 0 radical (unpaired) electrons. The van der Waals surface area contributed by atoms with Gasteiger partial charge in [0.1, 0.15) is 22.4 Å². The molecule has 0 spiro atoms. The largest absolute Gasteiger partial charge is 0.481 e. The van der Waals surface area contributed by atoms with E-state index in [1.165, 1.54) is 12.1 Å². The van der Waals surface area contributed by atoms with Gasteiger partial charge in [0, 0.05) is 16.6 Å². The minimum Gasteiger partial charge on any atom is -0.481 e. The lowest BCUT2D eigenvalue weighted by Crippen LogP contribution is -2.23. The summed E-state index contributed by atoms with van der Waals surface area (Å²) < 4.78 is 33.0. The molecule has 0 amide bonds. The predicted molar refractivity (Wildman–Crippen MR) is 92.2 cm³/mol. The first kappa shape index (κ1) is 18.3. The van der Waals surface area contributed by atoms with Gasteiger partial charge in [0.15, 0.2) is 6.61 Å². The maximum absolute atomic E-state index is 13.8. The molecular formula is C16H12BrF2NO3S. The number of carbonyl (C=O) groups is 1. The Bertz CT molecular complexity index is 786. The maximum atomic E-state index is 13.8. The number of aliphatic carboxylic acids is 1. The topological polar surface area (TPSA) is 58.6 Å². The Morgan fingerprint density at radius 1 is 1.25 bits per heavy atom. The van der Waals surface area contributed by atoms with E-state index in [4.69, 9.17) is 22.1 Å².